The van der Waals surface area contributed by atoms with Crippen molar-refractivity contribution in [1.29, 1.82) is 0 Å². The fourth-order valence-corrected chi connectivity index (χ4v) is 5.31. The van der Waals surface area contributed by atoms with Crippen molar-refractivity contribution in [2.24, 2.45) is 0 Å². The van der Waals surface area contributed by atoms with E-state index in [1.165, 1.54) is 11.3 Å². The summed E-state index contributed by atoms with van der Waals surface area (Å²) in [5, 5.41) is 5.66. The fraction of sp³-hybridized carbons (Fsp3) is 0.111. The third-order valence-corrected chi connectivity index (χ3v) is 6.56. The maximum atomic E-state index is 12.1. The molecule has 0 fully saturated rings. The van der Waals surface area contributed by atoms with E-state index in [4.69, 9.17) is 0 Å². The molecular formula is C18H14N4OS3. The number of aromatic nitrogens is 3. The van der Waals surface area contributed by atoms with Crippen LogP contribution in [0.4, 0.5) is 10.8 Å². The van der Waals surface area contributed by atoms with Crippen molar-refractivity contribution in [2.75, 3.05) is 4.90 Å². The predicted octanol–water partition coefficient (Wildman–Crippen LogP) is 5.12. The van der Waals surface area contributed by atoms with Crippen molar-refractivity contribution in [3.05, 3.63) is 59.2 Å². The lowest BCUT2D eigenvalue weighted by atomic mass is 10.3. The molecule has 0 aliphatic carbocycles. The highest BCUT2D eigenvalue weighted by Crippen LogP contribution is 2.33. The molecule has 4 rings (SSSR count). The fourth-order valence-electron chi connectivity index (χ4n) is 2.48. The summed E-state index contributed by atoms with van der Waals surface area (Å²) >= 11 is 4.75. The molecule has 0 spiro atoms. The first-order valence-corrected chi connectivity index (χ1v) is 10.6. The van der Waals surface area contributed by atoms with Crippen LogP contribution in [0.2, 0.25) is 0 Å². The van der Waals surface area contributed by atoms with Crippen LogP contribution in [0.1, 0.15) is 12.6 Å². The van der Waals surface area contributed by atoms with Gasteiger partial charge in [0.05, 0.1) is 21.6 Å². The minimum atomic E-state index is -0.0548. The molecule has 26 heavy (non-hydrogen) atoms. The number of para-hydroxylation sites is 1. The highest BCUT2D eigenvalue weighted by Gasteiger charge is 2.18. The van der Waals surface area contributed by atoms with Crippen molar-refractivity contribution in [1.82, 2.24) is 15.0 Å². The summed E-state index contributed by atoms with van der Waals surface area (Å²) in [6.07, 6.45) is 1.59. The number of rotatable bonds is 5. The number of hydrogen-bond donors (Lipinski definition) is 0. The molecular weight excluding hydrogens is 384 g/mol. The third kappa shape index (κ3) is 3.48. The molecule has 0 saturated heterocycles. The normalized spacial score (nSPS) is 11.0. The topological polar surface area (TPSA) is 59.0 Å². The van der Waals surface area contributed by atoms with Gasteiger partial charge in [0, 0.05) is 18.1 Å². The first-order valence-electron chi connectivity index (χ1n) is 7.83. The van der Waals surface area contributed by atoms with Gasteiger partial charge in [0.15, 0.2) is 5.13 Å². The number of carbonyl (C=O) groups excluding carboxylic acids is 1. The van der Waals surface area contributed by atoms with Crippen molar-refractivity contribution < 1.29 is 4.79 Å². The van der Waals surface area contributed by atoms with E-state index in [0.717, 1.165) is 26.6 Å². The average Bonchev–Trinajstić information content (AvgIpc) is 3.30. The van der Waals surface area contributed by atoms with E-state index >= 15 is 0 Å². The van der Waals surface area contributed by atoms with Crippen molar-refractivity contribution in [3.63, 3.8) is 0 Å². The molecule has 130 valence electrons. The lowest BCUT2D eigenvalue weighted by Crippen LogP contribution is -2.22. The summed E-state index contributed by atoms with van der Waals surface area (Å²) in [5.41, 5.74) is 2.73. The molecule has 0 N–H and O–H groups in total. The zero-order valence-corrected chi connectivity index (χ0v) is 16.3. The lowest BCUT2D eigenvalue weighted by molar-refractivity contribution is -0.115. The van der Waals surface area contributed by atoms with Crippen LogP contribution in [-0.4, -0.2) is 20.9 Å². The Morgan fingerprint density at radius 1 is 1.15 bits per heavy atom. The van der Waals surface area contributed by atoms with Crippen molar-refractivity contribution >= 4 is 61.4 Å². The second-order valence-corrected chi connectivity index (χ2v) is 8.13. The Morgan fingerprint density at radius 3 is 2.81 bits per heavy atom. The average molecular weight is 399 g/mol. The molecule has 0 radical (unpaired) electrons. The van der Waals surface area contributed by atoms with Crippen LogP contribution in [0.3, 0.4) is 0 Å². The van der Waals surface area contributed by atoms with Gasteiger partial charge >= 0.3 is 0 Å². The Balaban J connectivity index is 1.54. The van der Waals surface area contributed by atoms with Gasteiger partial charge in [-0.2, -0.15) is 0 Å². The summed E-state index contributed by atoms with van der Waals surface area (Å²) in [4.78, 5) is 27.1. The lowest BCUT2D eigenvalue weighted by Gasteiger charge is -2.17. The van der Waals surface area contributed by atoms with Crippen LogP contribution >= 0.6 is 34.4 Å². The summed E-state index contributed by atoms with van der Waals surface area (Å²) in [6, 6.07) is 11.6. The monoisotopic (exact) mass is 398 g/mol. The summed E-state index contributed by atoms with van der Waals surface area (Å²) < 4.78 is 1.10. The Morgan fingerprint density at radius 2 is 2.00 bits per heavy atom. The number of benzene rings is 1. The third-order valence-electron chi connectivity index (χ3n) is 3.63. The Hall–Kier alpha value is -2.29. The zero-order chi connectivity index (χ0) is 17.9. The van der Waals surface area contributed by atoms with E-state index in [2.05, 4.69) is 15.0 Å². The molecule has 1 amide bonds. The standard InChI is InChI=1S/C18H14N4OS3/c1-12(23)22(14-5-3-2-4-6-14)18-21-13(10-26-18)9-25-17-16-15(7-8-24-16)19-11-20-17/h2-8,10-11H,9H2,1H3. The molecule has 0 aliphatic rings. The Labute approximate surface area is 162 Å². The molecule has 3 heterocycles. The number of carbonyl (C=O) groups is 1. The van der Waals surface area contributed by atoms with Crippen molar-refractivity contribution in [2.45, 2.75) is 17.7 Å². The van der Waals surface area contributed by atoms with Crippen LogP contribution in [0.25, 0.3) is 10.2 Å². The molecule has 8 heteroatoms. The van der Waals surface area contributed by atoms with Crippen LogP contribution in [0.15, 0.2) is 58.5 Å². The number of anilines is 2. The second-order valence-electron chi connectivity index (χ2n) is 5.41. The molecule has 1 aromatic carbocycles. The quantitative estimate of drug-likeness (QED) is 0.345. The molecule has 4 aromatic rings. The van der Waals surface area contributed by atoms with Gasteiger partial charge in [-0.25, -0.2) is 15.0 Å². The summed E-state index contributed by atoms with van der Waals surface area (Å²) in [7, 11) is 0. The number of fused-ring (bicyclic) bond motifs is 1. The Bertz CT molecular complexity index is 1040. The van der Waals surface area contributed by atoms with Gasteiger partial charge in [0.25, 0.3) is 0 Å². The van der Waals surface area contributed by atoms with E-state index in [1.807, 2.05) is 47.2 Å². The number of hydrogen-bond acceptors (Lipinski definition) is 7. The van der Waals surface area contributed by atoms with Gasteiger partial charge in [-0.15, -0.1) is 22.7 Å². The van der Waals surface area contributed by atoms with Crippen LogP contribution in [0, 0.1) is 0 Å². The van der Waals surface area contributed by atoms with E-state index in [1.54, 1.807) is 41.2 Å². The molecule has 0 atom stereocenters. The van der Waals surface area contributed by atoms with Crippen LogP contribution in [0.5, 0.6) is 0 Å². The summed E-state index contributed by atoms with van der Waals surface area (Å²) in [6.45, 7) is 1.55. The maximum Gasteiger partial charge on any atom is 0.230 e. The number of thioether (sulfide) groups is 1. The van der Waals surface area contributed by atoms with Gasteiger partial charge in [-0.3, -0.25) is 9.69 Å². The Kier molecular flexibility index (Phi) is 4.96. The highest BCUT2D eigenvalue weighted by atomic mass is 32.2. The minimum Gasteiger partial charge on any atom is -0.274 e. The first kappa shape index (κ1) is 17.1. The number of thiazole rings is 1. The molecule has 5 nitrogen and oxygen atoms in total. The predicted molar refractivity (Wildman–Crippen MR) is 108 cm³/mol. The van der Waals surface area contributed by atoms with Crippen LogP contribution in [-0.2, 0) is 10.5 Å². The number of amides is 1. The smallest absolute Gasteiger partial charge is 0.230 e. The van der Waals surface area contributed by atoms with Gasteiger partial charge < -0.3 is 0 Å². The van der Waals surface area contributed by atoms with Gasteiger partial charge in [0.2, 0.25) is 5.91 Å². The first-order chi connectivity index (χ1) is 12.7. The zero-order valence-electron chi connectivity index (χ0n) is 13.8. The van der Waals surface area contributed by atoms with E-state index < -0.39 is 0 Å². The molecule has 3 aromatic heterocycles. The van der Waals surface area contributed by atoms with Gasteiger partial charge in [0.1, 0.15) is 11.4 Å². The molecule has 0 bridgehead atoms. The SMILES string of the molecule is CC(=O)N(c1ccccc1)c1nc(CSc2ncnc3ccsc23)cs1. The van der Waals surface area contributed by atoms with Gasteiger partial charge in [-0.1, -0.05) is 30.0 Å². The van der Waals surface area contributed by atoms with Crippen LogP contribution < -0.4 is 4.90 Å². The van der Waals surface area contributed by atoms with Crippen molar-refractivity contribution in [3.8, 4) is 0 Å². The van der Waals surface area contributed by atoms with E-state index in [-0.39, 0.29) is 5.91 Å². The molecule has 0 aliphatic heterocycles. The molecule has 0 saturated carbocycles. The van der Waals surface area contributed by atoms with E-state index in [9.17, 15) is 4.79 Å². The molecule has 0 unspecified atom stereocenters. The minimum absolute atomic E-state index is 0.0548. The largest absolute Gasteiger partial charge is 0.274 e. The summed E-state index contributed by atoms with van der Waals surface area (Å²) in [5.74, 6) is 0.641. The van der Waals surface area contributed by atoms with Gasteiger partial charge in [-0.05, 0) is 23.6 Å². The number of thiophene rings is 1. The van der Waals surface area contributed by atoms with E-state index in [0.29, 0.717) is 10.9 Å². The maximum absolute atomic E-state index is 12.1. The highest BCUT2D eigenvalue weighted by molar-refractivity contribution is 7.98. The number of nitrogens with zero attached hydrogens (tertiary/aromatic N) is 4. The second kappa shape index (κ2) is 7.53.